The van der Waals surface area contributed by atoms with Crippen molar-refractivity contribution in [1.82, 2.24) is 0 Å². The summed E-state index contributed by atoms with van der Waals surface area (Å²) < 4.78 is 0. The van der Waals surface area contributed by atoms with E-state index in [4.69, 9.17) is 0 Å². The van der Waals surface area contributed by atoms with E-state index in [1.165, 1.54) is 5.56 Å². The lowest BCUT2D eigenvalue weighted by molar-refractivity contribution is -0.121. The minimum atomic E-state index is 0.285. The van der Waals surface area contributed by atoms with Gasteiger partial charge in [0.15, 0.2) is 0 Å². The number of carbonyl (C=O) groups is 1. The number of carbonyl (C=O) groups excluding carboxylic acids is 1. The predicted molar refractivity (Wildman–Crippen MR) is 89.0 cm³/mol. The first kappa shape index (κ1) is 18.9. The second-order valence-electron chi connectivity index (χ2n) is 5.47. The van der Waals surface area contributed by atoms with E-state index in [9.17, 15) is 4.79 Å². The van der Waals surface area contributed by atoms with Crippen molar-refractivity contribution in [3.05, 3.63) is 35.9 Å². The maximum absolute atomic E-state index is 11.5. The van der Waals surface area contributed by atoms with Gasteiger partial charge in [-0.05, 0) is 44.1 Å². The zero-order valence-electron chi connectivity index (χ0n) is 14.0. The highest BCUT2D eigenvalue weighted by atomic mass is 16.1. The van der Waals surface area contributed by atoms with Crippen molar-refractivity contribution in [2.75, 3.05) is 0 Å². The first-order valence-corrected chi connectivity index (χ1v) is 8.17. The van der Waals surface area contributed by atoms with Crippen LogP contribution >= 0.6 is 0 Å². The normalized spacial score (nSPS) is 13.1. The van der Waals surface area contributed by atoms with E-state index in [1.807, 2.05) is 13.8 Å². The molecular weight excluding hydrogens is 244 g/mol. The first-order valence-electron chi connectivity index (χ1n) is 8.17. The zero-order valence-corrected chi connectivity index (χ0v) is 14.0. The molecule has 0 amide bonds. The molecule has 0 aliphatic heterocycles. The van der Waals surface area contributed by atoms with Gasteiger partial charge in [-0.25, -0.2) is 0 Å². The van der Waals surface area contributed by atoms with Crippen LogP contribution in [0.15, 0.2) is 30.3 Å². The second kappa shape index (κ2) is 11.7. The van der Waals surface area contributed by atoms with Crippen LogP contribution in [0.1, 0.15) is 65.9 Å². The number of benzene rings is 1. The van der Waals surface area contributed by atoms with Crippen molar-refractivity contribution in [3.63, 3.8) is 0 Å². The van der Waals surface area contributed by atoms with E-state index in [2.05, 4.69) is 44.2 Å². The van der Waals surface area contributed by atoms with Crippen LogP contribution in [0.5, 0.6) is 0 Å². The molecule has 1 heteroatoms. The van der Waals surface area contributed by atoms with Crippen molar-refractivity contribution in [2.45, 2.75) is 66.7 Å². The molecule has 0 aliphatic rings. The Hall–Kier alpha value is -1.11. The van der Waals surface area contributed by atoms with Gasteiger partial charge in [-0.15, -0.1) is 0 Å². The van der Waals surface area contributed by atoms with Crippen molar-refractivity contribution in [1.29, 1.82) is 0 Å². The van der Waals surface area contributed by atoms with Gasteiger partial charge in [0.05, 0.1) is 0 Å². The number of ketones is 1. The van der Waals surface area contributed by atoms with Crippen LogP contribution in [0.3, 0.4) is 0 Å². The Morgan fingerprint density at radius 1 is 1.05 bits per heavy atom. The van der Waals surface area contributed by atoms with Crippen LogP contribution < -0.4 is 0 Å². The summed E-state index contributed by atoms with van der Waals surface area (Å²) in [6.07, 6.45) is 5.48. The quantitative estimate of drug-likeness (QED) is 0.597. The molecule has 0 N–H and O–H groups in total. The molecule has 1 aromatic carbocycles. The van der Waals surface area contributed by atoms with E-state index in [-0.39, 0.29) is 5.92 Å². The monoisotopic (exact) mass is 276 g/mol. The molecule has 0 fully saturated rings. The minimum absolute atomic E-state index is 0.285. The maximum Gasteiger partial charge on any atom is 0.132 e. The molecule has 0 saturated heterocycles. The Kier molecular flexibility index (Phi) is 11.0. The molecule has 2 atom stereocenters. The van der Waals surface area contributed by atoms with Gasteiger partial charge in [-0.3, -0.25) is 4.79 Å². The van der Waals surface area contributed by atoms with Gasteiger partial charge in [0, 0.05) is 5.92 Å². The van der Waals surface area contributed by atoms with Gasteiger partial charge < -0.3 is 0 Å². The summed E-state index contributed by atoms with van der Waals surface area (Å²) in [6, 6.07) is 10.6. The number of hydrogen-bond acceptors (Lipinski definition) is 1. The van der Waals surface area contributed by atoms with Gasteiger partial charge in [0.25, 0.3) is 0 Å². The van der Waals surface area contributed by atoms with Crippen LogP contribution in [0.4, 0.5) is 0 Å². The first-order chi connectivity index (χ1) is 9.63. The largest absolute Gasteiger partial charge is 0.300 e. The van der Waals surface area contributed by atoms with E-state index in [1.54, 1.807) is 6.92 Å². The van der Waals surface area contributed by atoms with E-state index in [0.29, 0.717) is 11.7 Å². The summed E-state index contributed by atoms with van der Waals surface area (Å²) in [6.45, 7) is 10.2. The van der Waals surface area contributed by atoms with Crippen LogP contribution in [0.25, 0.3) is 0 Å². The molecule has 1 nitrogen and oxygen atoms in total. The molecule has 0 aliphatic carbocycles. The summed E-state index contributed by atoms with van der Waals surface area (Å²) in [5.74, 6) is 1.31. The van der Waals surface area contributed by atoms with Crippen LogP contribution in [0, 0.1) is 11.8 Å². The molecule has 20 heavy (non-hydrogen) atoms. The Bertz CT molecular complexity index is 342. The Labute approximate surface area is 125 Å². The van der Waals surface area contributed by atoms with Crippen molar-refractivity contribution >= 4 is 5.78 Å². The molecule has 0 saturated carbocycles. The lowest BCUT2D eigenvalue weighted by Crippen LogP contribution is -2.12. The highest BCUT2D eigenvalue weighted by molar-refractivity contribution is 5.78. The second-order valence-corrected chi connectivity index (χ2v) is 5.47. The SMILES string of the molecule is CC.CCCC(CC[C@@H](C)Cc1ccccc1)C(C)=O. The third-order valence-corrected chi connectivity index (χ3v) is 3.65. The zero-order chi connectivity index (χ0) is 15.4. The average Bonchev–Trinajstić information content (AvgIpc) is 2.46. The minimum Gasteiger partial charge on any atom is -0.300 e. The van der Waals surface area contributed by atoms with Gasteiger partial charge in [0.1, 0.15) is 5.78 Å². The van der Waals surface area contributed by atoms with Gasteiger partial charge >= 0.3 is 0 Å². The Balaban J connectivity index is 0.00000172. The van der Waals surface area contributed by atoms with Crippen LogP contribution in [-0.2, 0) is 11.2 Å². The van der Waals surface area contributed by atoms with Crippen molar-refractivity contribution in [3.8, 4) is 0 Å². The number of Topliss-reactive ketones (excluding diaryl/α,β-unsaturated/α-hetero) is 1. The highest BCUT2D eigenvalue weighted by Crippen LogP contribution is 2.20. The van der Waals surface area contributed by atoms with E-state index in [0.717, 1.165) is 32.1 Å². The molecule has 0 bridgehead atoms. The topological polar surface area (TPSA) is 17.1 Å². The highest BCUT2D eigenvalue weighted by Gasteiger charge is 2.14. The molecule has 1 rings (SSSR count). The fourth-order valence-electron chi connectivity index (χ4n) is 2.50. The third kappa shape index (κ3) is 8.14. The Morgan fingerprint density at radius 3 is 2.15 bits per heavy atom. The smallest absolute Gasteiger partial charge is 0.132 e. The van der Waals surface area contributed by atoms with Crippen molar-refractivity contribution in [2.24, 2.45) is 11.8 Å². The lowest BCUT2D eigenvalue weighted by Gasteiger charge is -2.16. The summed E-state index contributed by atoms with van der Waals surface area (Å²) in [7, 11) is 0. The van der Waals surface area contributed by atoms with E-state index < -0.39 is 0 Å². The molecule has 0 spiro atoms. The van der Waals surface area contributed by atoms with Crippen molar-refractivity contribution < 1.29 is 4.79 Å². The van der Waals surface area contributed by atoms with Gasteiger partial charge in [-0.1, -0.05) is 64.4 Å². The molecule has 0 radical (unpaired) electrons. The molecule has 0 aromatic heterocycles. The summed E-state index contributed by atoms with van der Waals surface area (Å²) in [5, 5.41) is 0. The third-order valence-electron chi connectivity index (χ3n) is 3.65. The number of hydrogen-bond donors (Lipinski definition) is 0. The fourth-order valence-corrected chi connectivity index (χ4v) is 2.50. The molecule has 1 unspecified atom stereocenters. The molecule has 0 heterocycles. The van der Waals surface area contributed by atoms with Gasteiger partial charge in [0.2, 0.25) is 0 Å². The number of rotatable bonds is 8. The fraction of sp³-hybridized carbons (Fsp3) is 0.632. The Morgan fingerprint density at radius 2 is 1.65 bits per heavy atom. The van der Waals surface area contributed by atoms with Crippen LogP contribution in [-0.4, -0.2) is 5.78 Å². The maximum atomic E-state index is 11.5. The molecule has 1 aromatic rings. The standard InChI is InChI=1S/C17H26O.C2H6/c1-4-8-17(15(3)18)12-11-14(2)13-16-9-6-5-7-10-16;1-2/h5-7,9-10,14,17H,4,8,11-13H2,1-3H3;1-2H3/t14-,17?;/m1./s1. The summed E-state index contributed by atoms with van der Waals surface area (Å²) in [4.78, 5) is 11.5. The summed E-state index contributed by atoms with van der Waals surface area (Å²) >= 11 is 0. The lowest BCUT2D eigenvalue weighted by atomic mass is 9.88. The van der Waals surface area contributed by atoms with E-state index >= 15 is 0 Å². The molecule has 114 valence electrons. The van der Waals surface area contributed by atoms with Gasteiger partial charge in [-0.2, -0.15) is 0 Å². The molecular formula is C19H32O. The predicted octanol–water partition coefficient (Wildman–Crippen LogP) is 5.68. The summed E-state index contributed by atoms with van der Waals surface area (Å²) in [5.41, 5.74) is 1.40. The van der Waals surface area contributed by atoms with Crippen LogP contribution in [0.2, 0.25) is 0 Å². The average molecular weight is 276 g/mol.